The number of carbonyl (C=O) groups is 2. The highest BCUT2D eigenvalue weighted by molar-refractivity contribution is 5.94. The van der Waals surface area contributed by atoms with Crippen molar-refractivity contribution in [3.63, 3.8) is 0 Å². The molecule has 4 nitrogen and oxygen atoms in total. The van der Waals surface area contributed by atoms with Crippen LogP contribution in [0, 0.1) is 0 Å². The highest BCUT2D eigenvalue weighted by atomic mass is 16.5. The van der Waals surface area contributed by atoms with Crippen molar-refractivity contribution in [2.75, 3.05) is 19.7 Å². The monoisotopic (exact) mass is 275 g/mol. The van der Waals surface area contributed by atoms with Gasteiger partial charge in [-0.05, 0) is 31.9 Å². The molecule has 1 amide bonds. The Morgan fingerprint density at radius 1 is 1.15 bits per heavy atom. The summed E-state index contributed by atoms with van der Waals surface area (Å²) in [5.41, 5.74) is 0.602. The molecule has 1 aliphatic rings. The highest BCUT2D eigenvalue weighted by Gasteiger charge is 2.15. The number of benzene rings is 1. The van der Waals surface area contributed by atoms with Gasteiger partial charge in [-0.1, -0.05) is 25.0 Å². The van der Waals surface area contributed by atoms with Gasteiger partial charge in [-0.25, -0.2) is 0 Å². The van der Waals surface area contributed by atoms with Gasteiger partial charge < -0.3 is 9.64 Å². The smallest absolute Gasteiger partial charge is 0.260 e. The number of ketones is 1. The quantitative estimate of drug-likeness (QED) is 0.794. The Labute approximate surface area is 119 Å². The van der Waals surface area contributed by atoms with Crippen molar-refractivity contribution in [2.45, 2.75) is 32.6 Å². The molecule has 1 saturated heterocycles. The van der Waals surface area contributed by atoms with Crippen LogP contribution >= 0.6 is 0 Å². The fourth-order valence-corrected chi connectivity index (χ4v) is 2.36. The van der Waals surface area contributed by atoms with Crippen molar-refractivity contribution in [1.82, 2.24) is 4.90 Å². The van der Waals surface area contributed by atoms with Gasteiger partial charge in [0.1, 0.15) is 5.75 Å². The van der Waals surface area contributed by atoms with Gasteiger partial charge in [0.15, 0.2) is 12.4 Å². The normalized spacial score (nSPS) is 15.6. The van der Waals surface area contributed by atoms with E-state index in [1.54, 1.807) is 24.3 Å². The number of ether oxygens (including phenoxy) is 1. The van der Waals surface area contributed by atoms with Gasteiger partial charge in [0.2, 0.25) is 0 Å². The summed E-state index contributed by atoms with van der Waals surface area (Å²) in [4.78, 5) is 25.2. The molecule has 1 aromatic carbocycles. The summed E-state index contributed by atoms with van der Waals surface area (Å²) in [6.45, 7) is 3.22. The fraction of sp³-hybridized carbons (Fsp3) is 0.500. The largest absolute Gasteiger partial charge is 0.484 e. The van der Waals surface area contributed by atoms with E-state index in [2.05, 4.69) is 0 Å². The van der Waals surface area contributed by atoms with Crippen LogP contribution in [0.4, 0.5) is 0 Å². The molecule has 0 atom stereocenters. The molecule has 0 bridgehead atoms. The lowest BCUT2D eigenvalue weighted by molar-refractivity contribution is -0.133. The third kappa shape index (κ3) is 4.08. The van der Waals surface area contributed by atoms with E-state index >= 15 is 0 Å². The van der Waals surface area contributed by atoms with Crippen LogP contribution in [-0.4, -0.2) is 36.3 Å². The van der Waals surface area contributed by atoms with Crippen LogP contribution in [0.3, 0.4) is 0 Å². The third-order valence-corrected chi connectivity index (χ3v) is 3.56. The second-order valence-corrected chi connectivity index (χ2v) is 5.17. The van der Waals surface area contributed by atoms with E-state index in [4.69, 9.17) is 4.74 Å². The molecule has 2 rings (SSSR count). The van der Waals surface area contributed by atoms with Gasteiger partial charge in [-0.15, -0.1) is 0 Å². The Hall–Kier alpha value is -1.84. The summed E-state index contributed by atoms with van der Waals surface area (Å²) in [6.07, 6.45) is 4.55. The molecule has 0 radical (unpaired) electrons. The van der Waals surface area contributed by atoms with E-state index < -0.39 is 0 Å². The lowest BCUT2D eigenvalue weighted by atomic mass is 10.1. The third-order valence-electron chi connectivity index (χ3n) is 3.56. The molecule has 1 aliphatic heterocycles. The number of carbonyl (C=O) groups excluding carboxylic acids is 2. The van der Waals surface area contributed by atoms with Crippen LogP contribution in [0.5, 0.6) is 5.75 Å². The number of amides is 1. The first kappa shape index (κ1) is 14.6. The number of hydrogen-bond donors (Lipinski definition) is 0. The molecule has 20 heavy (non-hydrogen) atoms. The maximum Gasteiger partial charge on any atom is 0.260 e. The Bertz CT molecular complexity index is 476. The van der Waals surface area contributed by atoms with Crippen molar-refractivity contribution in [3.05, 3.63) is 29.8 Å². The minimum Gasteiger partial charge on any atom is -0.484 e. The first-order valence-corrected chi connectivity index (χ1v) is 7.18. The molecule has 0 N–H and O–H groups in total. The molecular formula is C16H21NO3. The predicted octanol–water partition coefficient (Wildman–Crippen LogP) is 2.67. The van der Waals surface area contributed by atoms with Gasteiger partial charge >= 0.3 is 0 Å². The second-order valence-electron chi connectivity index (χ2n) is 5.17. The summed E-state index contributed by atoms with van der Waals surface area (Å²) < 4.78 is 5.51. The van der Waals surface area contributed by atoms with Crippen LogP contribution < -0.4 is 4.74 Å². The van der Waals surface area contributed by atoms with E-state index in [1.807, 2.05) is 4.90 Å². The number of Topliss-reactive ketones (excluding diaryl/α,β-unsaturated/α-hetero) is 1. The number of hydrogen-bond acceptors (Lipinski definition) is 3. The zero-order valence-electron chi connectivity index (χ0n) is 11.9. The van der Waals surface area contributed by atoms with Crippen molar-refractivity contribution in [2.24, 2.45) is 0 Å². The summed E-state index contributed by atoms with van der Waals surface area (Å²) in [5, 5.41) is 0. The zero-order chi connectivity index (χ0) is 14.4. The minimum absolute atomic E-state index is 0.00528. The minimum atomic E-state index is -0.00528. The molecule has 1 fully saturated rings. The molecule has 108 valence electrons. The standard InChI is InChI=1S/C16H21NO3/c1-13(18)14-7-6-8-15(11-14)20-12-16(19)17-9-4-2-3-5-10-17/h6-8,11H,2-5,9-10,12H2,1H3. The Balaban J connectivity index is 1.89. The fourth-order valence-electron chi connectivity index (χ4n) is 2.36. The van der Waals surface area contributed by atoms with Crippen LogP contribution in [-0.2, 0) is 4.79 Å². The van der Waals surface area contributed by atoms with Gasteiger partial charge in [0.25, 0.3) is 5.91 Å². The highest BCUT2D eigenvalue weighted by Crippen LogP contribution is 2.15. The molecule has 0 aliphatic carbocycles. The Morgan fingerprint density at radius 2 is 1.85 bits per heavy atom. The van der Waals surface area contributed by atoms with Crippen molar-refractivity contribution >= 4 is 11.7 Å². The van der Waals surface area contributed by atoms with Crippen LogP contribution in [0.2, 0.25) is 0 Å². The summed E-state index contributed by atoms with van der Waals surface area (Å²) in [6, 6.07) is 6.95. The average molecular weight is 275 g/mol. The summed E-state index contributed by atoms with van der Waals surface area (Å²) in [5.74, 6) is 0.593. The van der Waals surface area contributed by atoms with Crippen LogP contribution in [0.1, 0.15) is 43.0 Å². The zero-order valence-corrected chi connectivity index (χ0v) is 11.9. The summed E-state index contributed by atoms with van der Waals surface area (Å²) >= 11 is 0. The van der Waals surface area contributed by atoms with Crippen LogP contribution in [0.15, 0.2) is 24.3 Å². The van der Waals surface area contributed by atoms with Gasteiger partial charge in [-0.3, -0.25) is 9.59 Å². The Morgan fingerprint density at radius 3 is 2.50 bits per heavy atom. The van der Waals surface area contributed by atoms with Gasteiger partial charge in [0, 0.05) is 18.7 Å². The predicted molar refractivity (Wildman–Crippen MR) is 77.0 cm³/mol. The maximum absolute atomic E-state index is 12.1. The van der Waals surface area contributed by atoms with Crippen molar-refractivity contribution in [1.29, 1.82) is 0 Å². The average Bonchev–Trinajstić information content (AvgIpc) is 2.74. The first-order valence-electron chi connectivity index (χ1n) is 7.18. The van der Waals surface area contributed by atoms with E-state index in [1.165, 1.54) is 19.8 Å². The number of rotatable bonds is 4. The Kier molecular flexibility index (Phi) is 5.16. The molecule has 0 saturated carbocycles. The van der Waals surface area contributed by atoms with E-state index in [0.29, 0.717) is 11.3 Å². The molecule has 4 heteroatoms. The molecule has 1 heterocycles. The van der Waals surface area contributed by atoms with Crippen LogP contribution in [0.25, 0.3) is 0 Å². The molecular weight excluding hydrogens is 254 g/mol. The molecule has 0 unspecified atom stereocenters. The first-order chi connectivity index (χ1) is 9.66. The molecule has 1 aromatic rings. The van der Waals surface area contributed by atoms with E-state index in [9.17, 15) is 9.59 Å². The van der Waals surface area contributed by atoms with E-state index in [-0.39, 0.29) is 18.3 Å². The second kappa shape index (κ2) is 7.08. The number of nitrogens with zero attached hydrogens (tertiary/aromatic N) is 1. The maximum atomic E-state index is 12.1. The molecule has 0 spiro atoms. The lowest BCUT2D eigenvalue weighted by Crippen LogP contribution is -2.35. The topological polar surface area (TPSA) is 46.6 Å². The van der Waals surface area contributed by atoms with E-state index in [0.717, 1.165) is 25.9 Å². The summed E-state index contributed by atoms with van der Waals surface area (Å²) in [7, 11) is 0. The molecule has 0 aromatic heterocycles. The van der Waals surface area contributed by atoms with Gasteiger partial charge in [0.05, 0.1) is 0 Å². The van der Waals surface area contributed by atoms with Crippen molar-refractivity contribution in [3.8, 4) is 5.75 Å². The SMILES string of the molecule is CC(=O)c1cccc(OCC(=O)N2CCCCCC2)c1. The number of likely N-dealkylation sites (tertiary alicyclic amines) is 1. The van der Waals surface area contributed by atoms with Crippen molar-refractivity contribution < 1.29 is 14.3 Å². The lowest BCUT2D eigenvalue weighted by Gasteiger charge is -2.20. The van der Waals surface area contributed by atoms with Gasteiger partial charge in [-0.2, -0.15) is 0 Å².